The Balaban J connectivity index is 1.64. The number of hydrogen-bond donors (Lipinski definition) is 0. The first-order valence-electron chi connectivity index (χ1n) is 8.11. The second-order valence-electron chi connectivity index (χ2n) is 6.36. The zero-order valence-electron chi connectivity index (χ0n) is 14.0. The molecule has 0 aliphatic carbocycles. The Kier molecular flexibility index (Phi) is 4.41. The molecule has 0 unspecified atom stereocenters. The van der Waals surface area contributed by atoms with E-state index < -0.39 is 0 Å². The first kappa shape index (κ1) is 15.6. The van der Waals surface area contributed by atoms with E-state index >= 15 is 0 Å². The molecule has 0 aromatic carbocycles. The molecule has 3 rings (SSSR count). The summed E-state index contributed by atoms with van der Waals surface area (Å²) in [5.41, 5.74) is 2.65. The van der Waals surface area contributed by atoms with Gasteiger partial charge in [0.05, 0.1) is 6.33 Å². The van der Waals surface area contributed by atoms with Crippen molar-refractivity contribution in [2.45, 2.75) is 40.2 Å². The average molecular weight is 313 g/mol. The number of piperidine rings is 1. The molecule has 6 heteroatoms. The van der Waals surface area contributed by atoms with Crippen LogP contribution < -0.4 is 10.5 Å². The van der Waals surface area contributed by atoms with Crippen molar-refractivity contribution in [2.75, 3.05) is 18.0 Å². The molecule has 3 heterocycles. The predicted molar refractivity (Wildman–Crippen MR) is 89.7 cm³/mol. The molecule has 1 fully saturated rings. The third-order valence-electron chi connectivity index (χ3n) is 4.70. The van der Waals surface area contributed by atoms with Crippen LogP contribution in [0.25, 0.3) is 0 Å². The van der Waals surface area contributed by atoms with Crippen molar-refractivity contribution >= 4 is 5.82 Å². The topological polar surface area (TPSA) is 63.9 Å². The number of hydrogen-bond acceptors (Lipinski definition) is 5. The molecular formula is C17H23N5O. The normalized spacial score (nSPS) is 15.9. The lowest BCUT2D eigenvalue weighted by Crippen LogP contribution is -2.37. The molecule has 0 spiro atoms. The minimum atomic E-state index is 0.0892. The monoisotopic (exact) mass is 313 g/mol. The van der Waals surface area contributed by atoms with E-state index in [1.807, 2.05) is 26.8 Å². The Hall–Kier alpha value is -2.24. The maximum Gasteiger partial charge on any atom is 0.256 e. The Morgan fingerprint density at radius 1 is 1.13 bits per heavy atom. The molecule has 1 aliphatic heterocycles. The minimum Gasteiger partial charge on any atom is -0.356 e. The van der Waals surface area contributed by atoms with Gasteiger partial charge in [0.1, 0.15) is 12.1 Å². The third kappa shape index (κ3) is 3.41. The molecule has 0 saturated carbocycles. The highest BCUT2D eigenvalue weighted by Gasteiger charge is 2.21. The van der Waals surface area contributed by atoms with E-state index in [2.05, 4.69) is 19.9 Å². The summed E-state index contributed by atoms with van der Waals surface area (Å²) in [6.45, 7) is 8.40. The Labute approximate surface area is 136 Å². The van der Waals surface area contributed by atoms with Crippen LogP contribution in [0.4, 0.5) is 5.82 Å². The summed E-state index contributed by atoms with van der Waals surface area (Å²) in [5, 5.41) is 0. The molecule has 0 radical (unpaired) electrons. The van der Waals surface area contributed by atoms with Crippen LogP contribution in [0.2, 0.25) is 0 Å². The second-order valence-corrected chi connectivity index (χ2v) is 6.36. The van der Waals surface area contributed by atoms with Crippen molar-refractivity contribution in [2.24, 2.45) is 5.92 Å². The van der Waals surface area contributed by atoms with Gasteiger partial charge in [-0.05, 0) is 39.5 Å². The fraction of sp³-hybridized carbons (Fsp3) is 0.529. The summed E-state index contributed by atoms with van der Waals surface area (Å²) in [7, 11) is 0. The van der Waals surface area contributed by atoms with Crippen molar-refractivity contribution in [1.82, 2.24) is 19.5 Å². The van der Waals surface area contributed by atoms with Gasteiger partial charge in [-0.1, -0.05) is 0 Å². The largest absolute Gasteiger partial charge is 0.356 e. The lowest BCUT2D eigenvalue weighted by Gasteiger charge is -2.33. The zero-order chi connectivity index (χ0) is 16.4. The van der Waals surface area contributed by atoms with Gasteiger partial charge in [-0.2, -0.15) is 0 Å². The van der Waals surface area contributed by atoms with Crippen LogP contribution >= 0.6 is 0 Å². The first-order valence-corrected chi connectivity index (χ1v) is 8.11. The quantitative estimate of drug-likeness (QED) is 0.865. The molecule has 1 saturated heterocycles. The molecule has 0 N–H and O–H groups in total. The van der Waals surface area contributed by atoms with Crippen molar-refractivity contribution in [1.29, 1.82) is 0 Å². The van der Waals surface area contributed by atoms with Gasteiger partial charge in [0.15, 0.2) is 0 Å². The van der Waals surface area contributed by atoms with Crippen LogP contribution in [0, 0.1) is 26.7 Å². The fourth-order valence-corrected chi connectivity index (χ4v) is 3.04. The maximum atomic E-state index is 12.3. The van der Waals surface area contributed by atoms with E-state index in [1.165, 1.54) is 0 Å². The average Bonchev–Trinajstić information content (AvgIpc) is 2.56. The van der Waals surface area contributed by atoms with Crippen LogP contribution in [0.1, 0.15) is 29.8 Å². The highest BCUT2D eigenvalue weighted by atomic mass is 16.1. The molecule has 0 atom stereocenters. The van der Waals surface area contributed by atoms with Gasteiger partial charge in [-0.15, -0.1) is 0 Å². The lowest BCUT2D eigenvalue weighted by atomic mass is 9.96. The number of nitrogens with zero attached hydrogens (tertiary/aromatic N) is 5. The van der Waals surface area contributed by atoms with E-state index in [0.717, 1.165) is 55.2 Å². The summed E-state index contributed by atoms with van der Waals surface area (Å²) in [4.78, 5) is 27.4. The zero-order valence-corrected chi connectivity index (χ0v) is 14.0. The van der Waals surface area contributed by atoms with Crippen molar-refractivity contribution < 1.29 is 0 Å². The smallest absolute Gasteiger partial charge is 0.256 e. The number of anilines is 1. The van der Waals surface area contributed by atoms with Crippen LogP contribution in [0.3, 0.4) is 0 Å². The summed E-state index contributed by atoms with van der Waals surface area (Å²) < 4.78 is 1.76. The van der Waals surface area contributed by atoms with E-state index in [0.29, 0.717) is 5.92 Å². The van der Waals surface area contributed by atoms with Gasteiger partial charge in [0.2, 0.25) is 0 Å². The number of aryl methyl sites for hydroxylation is 2. The lowest BCUT2D eigenvalue weighted by molar-refractivity contribution is 0.349. The van der Waals surface area contributed by atoms with Crippen molar-refractivity contribution in [3.63, 3.8) is 0 Å². The fourth-order valence-electron chi connectivity index (χ4n) is 3.04. The summed E-state index contributed by atoms with van der Waals surface area (Å²) in [6, 6.07) is 2.03. The highest BCUT2D eigenvalue weighted by Crippen LogP contribution is 2.22. The van der Waals surface area contributed by atoms with E-state index in [1.54, 1.807) is 17.2 Å². The summed E-state index contributed by atoms with van der Waals surface area (Å²) >= 11 is 0. The highest BCUT2D eigenvalue weighted by molar-refractivity contribution is 5.38. The first-order chi connectivity index (χ1) is 11.0. The van der Waals surface area contributed by atoms with Gasteiger partial charge >= 0.3 is 0 Å². The third-order valence-corrected chi connectivity index (χ3v) is 4.70. The van der Waals surface area contributed by atoms with E-state index in [4.69, 9.17) is 0 Å². The van der Waals surface area contributed by atoms with Gasteiger partial charge in [-0.25, -0.2) is 15.0 Å². The van der Waals surface area contributed by atoms with Crippen LogP contribution in [-0.4, -0.2) is 32.6 Å². The summed E-state index contributed by atoms with van der Waals surface area (Å²) in [6.07, 6.45) is 5.42. The van der Waals surface area contributed by atoms with Crippen LogP contribution in [0.15, 0.2) is 23.5 Å². The molecule has 0 bridgehead atoms. The van der Waals surface area contributed by atoms with Crippen LogP contribution in [0.5, 0.6) is 0 Å². The standard InChI is InChI=1S/C17H23N5O/c1-12-8-16(19-10-18-12)21-6-4-15(5-7-21)9-22-11-20-14(3)13(2)17(22)23/h8,10-11,15H,4-7,9H2,1-3H3. The van der Waals surface area contributed by atoms with Crippen molar-refractivity contribution in [3.8, 4) is 0 Å². The van der Waals surface area contributed by atoms with Gasteiger partial charge < -0.3 is 4.90 Å². The Bertz CT molecular complexity index is 747. The Morgan fingerprint density at radius 2 is 1.87 bits per heavy atom. The van der Waals surface area contributed by atoms with Crippen molar-refractivity contribution in [3.05, 3.63) is 46.0 Å². The number of rotatable bonds is 3. The van der Waals surface area contributed by atoms with Crippen LogP contribution in [-0.2, 0) is 6.54 Å². The molecule has 0 amide bonds. The molecule has 2 aromatic heterocycles. The molecule has 23 heavy (non-hydrogen) atoms. The maximum absolute atomic E-state index is 12.3. The van der Waals surface area contributed by atoms with Gasteiger partial charge in [0.25, 0.3) is 5.56 Å². The van der Waals surface area contributed by atoms with Gasteiger partial charge in [0, 0.05) is 42.7 Å². The molecular weight excluding hydrogens is 290 g/mol. The second kappa shape index (κ2) is 6.48. The molecule has 1 aliphatic rings. The van der Waals surface area contributed by atoms with Gasteiger partial charge in [-0.3, -0.25) is 9.36 Å². The predicted octanol–water partition coefficient (Wildman–Crippen LogP) is 1.88. The SMILES string of the molecule is Cc1cc(N2CCC(Cn3cnc(C)c(C)c3=O)CC2)ncn1. The number of aromatic nitrogens is 4. The minimum absolute atomic E-state index is 0.0892. The Morgan fingerprint density at radius 3 is 2.57 bits per heavy atom. The van der Waals surface area contributed by atoms with E-state index in [9.17, 15) is 4.79 Å². The molecule has 122 valence electrons. The summed E-state index contributed by atoms with van der Waals surface area (Å²) in [5.74, 6) is 1.51. The molecule has 6 nitrogen and oxygen atoms in total. The molecule has 2 aromatic rings. The van der Waals surface area contributed by atoms with E-state index in [-0.39, 0.29) is 5.56 Å².